The molecular weight excluding hydrogens is 148 g/mol. The summed E-state index contributed by atoms with van der Waals surface area (Å²) < 4.78 is 0. The molecule has 0 aliphatic carbocycles. The van der Waals surface area contributed by atoms with Crippen molar-refractivity contribution in [1.29, 1.82) is 0 Å². The zero-order valence-electron chi connectivity index (χ0n) is 5.96. The Morgan fingerprint density at radius 2 is 2.45 bits per heavy atom. The number of carbonyl (C=O) groups excluding carboxylic acids is 1. The number of hydrogen-bond donors (Lipinski definition) is 3. The summed E-state index contributed by atoms with van der Waals surface area (Å²) in [6.45, 7) is 0.408. The van der Waals surface area contributed by atoms with Crippen LogP contribution in [0.5, 0.6) is 0 Å². The minimum absolute atomic E-state index is 0.00608. The molecule has 0 spiro atoms. The van der Waals surface area contributed by atoms with E-state index < -0.39 is 6.09 Å². The van der Waals surface area contributed by atoms with Crippen LogP contribution >= 0.6 is 0 Å². The number of piperidine rings is 1. The first-order chi connectivity index (χ1) is 5.18. The summed E-state index contributed by atoms with van der Waals surface area (Å²) in [5.74, 6) is -0.00608. The van der Waals surface area contributed by atoms with Crippen LogP contribution in [0.4, 0.5) is 4.79 Å². The van der Waals surface area contributed by atoms with Crippen molar-refractivity contribution in [2.75, 3.05) is 6.54 Å². The third kappa shape index (κ3) is 2.45. The maximum atomic E-state index is 10.6. The molecule has 5 nitrogen and oxygen atoms in total. The lowest BCUT2D eigenvalue weighted by Crippen LogP contribution is -2.47. The van der Waals surface area contributed by atoms with Crippen LogP contribution in [0.25, 0.3) is 0 Å². The van der Waals surface area contributed by atoms with E-state index in [1.807, 2.05) is 0 Å². The van der Waals surface area contributed by atoms with E-state index in [4.69, 9.17) is 5.11 Å². The monoisotopic (exact) mass is 158 g/mol. The lowest BCUT2D eigenvalue weighted by atomic mass is 10.1. The van der Waals surface area contributed by atoms with Gasteiger partial charge in [-0.05, 0) is 6.42 Å². The van der Waals surface area contributed by atoms with Crippen molar-refractivity contribution >= 4 is 12.0 Å². The second kappa shape index (κ2) is 3.23. The van der Waals surface area contributed by atoms with Crippen LogP contribution in [0.3, 0.4) is 0 Å². The van der Waals surface area contributed by atoms with Crippen LogP contribution in [-0.4, -0.2) is 29.7 Å². The summed E-state index contributed by atoms with van der Waals surface area (Å²) in [6, 6.07) is -0.120. The summed E-state index contributed by atoms with van der Waals surface area (Å²) in [5.41, 5.74) is 0. The summed E-state index contributed by atoms with van der Waals surface area (Å²) in [5, 5.41) is 13.2. The van der Waals surface area contributed by atoms with Gasteiger partial charge in [-0.25, -0.2) is 4.79 Å². The largest absolute Gasteiger partial charge is 0.465 e. The molecule has 1 atom stereocenters. The van der Waals surface area contributed by atoms with Crippen LogP contribution in [0.2, 0.25) is 0 Å². The Morgan fingerprint density at radius 1 is 1.73 bits per heavy atom. The average Bonchev–Trinajstić information content (AvgIpc) is 1.93. The van der Waals surface area contributed by atoms with Crippen molar-refractivity contribution in [3.8, 4) is 0 Å². The molecule has 1 heterocycles. The van der Waals surface area contributed by atoms with Gasteiger partial charge in [0.15, 0.2) is 0 Å². The molecule has 3 N–H and O–H groups in total. The van der Waals surface area contributed by atoms with Gasteiger partial charge in [-0.1, -0.05) is 0 Å². The van der Waals surface area contributed by atoms with Crippen molar-refractivity contribution in [3.05, 3.63) is 0 Å². The molecule has 0 aromatic heterocycles. The van der Waals surface area contributed by atoms with Crippen LogP contribution < -0.4 is 10.6 Å². The van der Waals surface area contributed by atoms with Gasteiger partial charge in [-0.3, -0.25) is 4.79 Å². The van der Waals surface area contributed by atoms with E-state index in [0.717, 1.165) is 0 Å². The van der Waals surface area contributed by atoms with E-state index in [1.54, 1.807) is 0 Å². The van der Waals surface area contributed by atoms with E-state index in [0.29, 0.717) is 19.4 Å². The average molecular weight is 158 g/mol. The topological polar surface area (TPSA) is 78.4 Å². The van der Waals surface area contributed by atoms with E-state index in [1.165, 1.54) is 0 Å². The third-order valence-electron chi connectivity index (χ3n) is 1.59. The number of nitrogens with one attached hydrogen (secondary N) is 2. The molecule has 1 saturated heterocycles. The predicted octanol–water partition coefficient (Wildman–Crippen LogP) is -0.467. The number of hydrogen-bond acceptors (Lipinski definition) is 2. The summed E-state index contributed by atoms with van der Waals surface area (Å²) in [4.78, 5) is 20.7. The fourth-order valence-electron chi connectivity index (χ4n) is 1.03. The first-order valence-corrected chi connectivity index (χ1v) is 3.44. The molecule has 2 amide bonds. The Balaban J connectivity index is 2.28. The highest BCUT2D eigenvalue weighted by molar-refractivity contribution is 5.77. The molecule has 62 valence electrons. The molecule has 1 aliphatic rings. The molecule has 0 unspecified atom stereocenters. The number of rotatable bonds is 1. The Morgan fingerprint density at radius 3 is 2.91 bits per heavy atom. The standard InChI is InChI=1S/C6H10N2O3/c9-5-2-1-4(3-7-5)8-6(10)11/h4,8H,1-3H2,(H,7,9)(H,10,11)/t4-/m1/s1. The minimum atomic E-state index is -1.04. The lowest BCUT2D eigenvalue weighted by Gasteiger charge is -2.21. The minimum Gasteiger partial charge on any atom is -0.465 e. The van der Waals surface area contributed by atoms with Crippen molar-refractivity contribution in [1.82, 2.24) is 10.6 Å². The summed E-state index contributed by atoms with van der Waals surface area (Å²) in [6.07, 6.45) is -0.0329. The maximum Gasteiger partial charge on any atom is 0.404 e. The van der Waals surface area contributed by atoms with Gasteiger partial charge in [0.1, 0.15) is 0 Å². The molecular formula is C6H10N2O3. The summed E-state index contributed by atoms with van der Waals surface area (Å²) >= 11 is 0. The highest BCUT2D eigenvalue weighted by Gasteiger charge is 2.18. The summed E-state index contributed by atoms with van der Waals surface area (Å²) in [7, 11) is 0. The smallest absolute Gasteiger partial charge is 0.404 e. The van der Waals surface area contributed by atoms with E-state index in [2.05, 4.69) is 10.6 Å². The first-order valence-electron chi connectivity index (χ1n) is 3.44. The van der Waals surface area contributed by atoms with Gasteiger partial charge < -0.3 is 15.7 Å². The molecule has 1 aliphatic heterocycles. The fraction of sp³-hybridized carbons (Fsp3) is 0.667. The predicted molar refractivity (Wildman–Crippen MR) is 37.2 cm³/mol. The number of amides is 2. The maximum absolute atomic E-state index is 10.6. The SMILES string of the molecule is O=C(O)N[C@@H]1CCC(=O)NC1. The van der Waals surface area contributed by atoms with E-state index in [-0.39, 0.29) is 11.9 Å². The van der Waals surface area contributed by atoms with Crippen LogP contribution in [0.15, 0.2) is 0 Å². The van der Waals surface area contributed by atoms with Crippen molar-refractivity contribution in [2.45, 2.75) is 18.9 Å². The second-order valence-electron chi connectivity index (χ2n) is 2.49. The van der Waals surface area contributed by atoms with Gasteiger partial charge in [-0.2, -0.15) is 0 Å². The fourth-order valence-corrected chi connectivity index (χ4v) is 1.03. The highest BCUT2D eigenvalue weighted by atomic mass is 16.4. The molecule has 0 aromatic rings. The van der Waals surface area contributed by atoms with Crippen LogP contribution in [0, 0.1) is 0 Å². The second-order valence-corrected chi connectivity index (χ2v) is 2.49. The van der Waals surface area contributed by atoms with Crippen molar-refractivity contribution in [2.24, 2.45) is 0 Å². The van der Waals surface area contributed by atoms with Gasteiger partial charge in [0.05, 0.1) is 6.04 Å². The molecule has 0 bridgehead atoms. The Labute approximate surface area is 63.8 Å². The van der Waals surface area contributed by atoms with E-state index in [9.17, 15) is 9.59 Å². The lowest BCUT2D eigenvalue weighted by molar-refractivity contribution is -0.122. The zero-order chi connectivity index (χ0) is 8.27. The first kappa shape index (κ1) is 7.84. The molecule has 1 rings (SSSR count). The van der Waals surface area contributed by atoms with Gasteiger partial charge in [0.2, 0.25) is 5.91 Å². The third-order valence-corrected chi connectivity index (χ3v) is 1.59. The van der Waals surface area contributed by atoms with Crippen molar-refractivity contribution < 1.29 is 14.7 Å². The number of carboxylic acid groups (broad SMARTS) is 1. The Kier molecular flexibility index (Phi) is 2.30. The highest BCUT2D eigenvalue weighted by Crippen LogP contribution is 2.01. The zero-order valence-corrected chi connectivity index (χ0v) is 5.96. The van der Waals surface area contributed by atoms with Gasteiger partial charge in [-0.15, -0.1) is 0 Å². The number of carbonyl (C=O) groups is 2. The van der Waals surface area contributed by atoms with Gasteiger partial charge in [0, 0.05) is 13.0 Å². The molecule has 5 heteroatoms. The quantitative estimate of drug-likeness (QED) is 0.483. The van der Waals surface area contributed by atoms with Gasteiger partial charge in [0.25, 0.3) is 0 Å². The molecule has 11 heavy (non-hydrogen) atoms. The van der Waals surface area contributed by atoms with E-state index >= 15 is 0 Å². The Bertz CT molecular complexity index is 171. The van der Waals surface area contributed by atoms with Gasteiger partial charge >= 0.3 is 6.09 Å². The van der Waals surface area contributed by atoms with Crippen molar-refractivity contribution in [3.63, 3.8) is 0 Å². The molecule has 0 aromatic carbocycles. The molecule has 1 fully saturated rings. The van der Waals surface area contributed by atoms with Crippen LogP contribution in [0.1, 0.15) is 12.8 Å². The Hall–Kier alpha value is -1.26. The normalized spacial score (nSPS) is 24.0. The molecule has 0 radical (unpaired) electrons. The molecule has 0 saturated carbocycles. The van der Waals surface area contributed by atoms with Crippen LogP contribution in [-0.2, 0) is 4.79 Å².